The molecule has 0 spiro atoms. The van der Waals surface area contributed by atoms with Crippen molar-refractivity contribution in [3.8, 4) is 0 Å². The zero-order valence-corrected chi connectivity index (χ0v) is 82.5. The van der Waals surface area contributed by atoms with Gasteiger partial charge in [0.25, 0.3) is 0 Å². The molecule has 9 aliphatic carbocycles. The fourth-order valence-corrected chi connectivity index (χ4v) is 28.0. The molecule has 20 nitrogen and oxygen atoms in total. The van der Waals surface area contributed by atoms with Gasteiger partial charge in [-0.2, -0.15) is 0 Å². The molecule has 31 unspecified atom stereocenters. The third-order valence-corrected chi connectivity index (χ3v) is 36.5. The number of nitrogens with one attached hydrogen (secondary N) is 1. The van der Waals surface area contributed by atoms with E-state index in [1.165, 1.54) is 42.2 Å². The van der Waals surface area contributed by atoms with Crippen LogP contribution in [0.15, 0.2) is 33.4 Å². The number of Topliss-reactive ketones (excluding diaryl/α,β-unsaturated/α-hetero) is 1. The van der Waals surface area contributed by atoms with Crippen LogP contribution in [0.25, 0.3) is 0 Å². The zero-order chi connectivity index (χ0) is 81.7. The number of allylic oxidation sites excluding steroid dienone is 2. The van der Waals surface area contributed by atoms with Gasteiger partial charge >= 0.3 is 6.09 Å². The normalized spacial score (nSPS) is 47.2. The van der Waals surface area contributed by atoms with Crippen LogP contribution in [0.1, 0.15) is 246 Å². The smallest absolute Gasteiger partial charge is 0.407 e. The van der Waals surface area contributed by atoms with Crippen LogP contribution in [0.3, 0.4) is 0 Å². The van der Waals surface area contributed by atoms with Gasteiger partial charge in [-0.1, -0.05) is 187 Å². The van der Waals surface area contributed by atoms with Gasteiger partial charge in [-0.15, -0.1) is 0 Å². The Morgan fingerprint density at radius 3 is 1.23 bits per heavy atom. The van der Waals surface area contributed by atoms with Gasteiger partial charge in [0.2, 0.25) is 0 Å². The molecule has 10 aliphatic rings. The average molecular weight is 1970 g/mol. The number of nitrogens with two attached hydrogens (primary N) is 2. The Bertz CT molecular complexity index is 3310. The van der Waals surface area contributed by atoms with E-state index in [0.29, 0.717) is 88.4 Å². The van der Waals surface area contributed by atoms with Gasteiger partial charge in [-0.25, -0.2) is 19.5 Å². The van der Waals surface area contributed by atoms with Gasteiger partial charge in [-0.05, 0) is 207 Å². The summed E-state index contributed by atoms with van der Waals surface area (Å²) < 4.78 is 10.3. The summed E-state index contributed by atoms with van der Waals surface area (Å²) >= 11 is 0. The first-order valence-corrected chi connectivity index (χ1v) is 41.3. The number of aliphatic hydroxyl groups excluding tert-OH is 5. The van der Waals surface area contributed by atoms with E-state index in [1.807, 2.05) is 0 Å². The van der Waals surface area contributed by atoms with Crippen LogP contribution in [0.4, 0.5) is 4.79 Å². The Kier molecular flexibility index (Phi) is 31.1. The quantitative estimate of drug-likeness (QED) is 0.0463. The molecule has 1 amide bonds. The van der Waals surface area contributed by atoms with E-state index in [2.05, 4.69) is 158 Å². The van der Waals surface area contributed by atoms with E-state index < -0.39 is 125 Å². The monoisotopic (exact) mass is 1970 g/mol. The summed E-state index contributed by atoms with van der Waals surface area (Å²) in [6, 6.07) is -1.89. The van der Waals surface area contributed by atoms with Crippen molar-refractivity contribution in [3.05, 3.63) is 33.4 Å². The molecule has 0 aromatic heterocycles. The van der Waals surface area contributed by atoms with Crippen LogP contribution in [0.2, 0.25) is 0 Å². The second kappa shape index (κ2) is 34.5. The first-order chi connectivity index (χ1) is 48.9. The van der Waals surface area contributed by atoms with Gasteiger partial charge in [0.05, 0.1) is 55.2 Å². The fourth-order valence-electron chi connectivity index (χ4n) is 28.0. The third kappa shape index (κ3) is 15.0. The zero-order valence-electron chi connectivity index (χ0n) is 73.0. The summed E-state index contributed by atoms with van der Waals surface area (Å²) in [5.74, 6) is 4.45. The number of carbonyl (C=O) groups excluding carboxylic acids is 2. The molecule has 22 heteroatoms. The molecule has 10 rings (SSSR count). The summed E-state index contributed by atoms with van der Waals surface area (Å²) in [7, 11) is 1.30. The second-order valence-corrected chi connectivity index (χ2v) is 41.0. The predicted molar refractivity (Wildman–Crippen MR) is 417 cm³/mol. The van der Waals surface area contributed by atoms with Crippen molar-refractivity contribution < 1.29 is 173 Å². The molecule has 6 saturated carbocycles. The number of ketones is 1. The van der Waals surface area contributed by atoms with Gasteiger partial charge < -0.3 is 62.0 Å². The van der Waals surface area contributed by atoms with Crippen LogP contribution < -0.4 is 16.8 Å². The summed E-state index contributed by atoms with van der Waals surface area (Å²) in [6.07, 6.45) is -6.03. The van der Waals surface area contributed by atoms with Crippen molar-refractivity contribution in [1.29, 1.82) is 0 Å². The maximum Gasteiger partial charge on any atom is 0.407 e. The number of carbonyl (C=O) groups is 2. The van der Waals surface area contributed by atoms with Gasteiger partial charge in [-0.3, -0.25) is 20.6 Å². The molecule has 7 fully saturated rings. The first-order valence-electron chi connectivity index (χ1n) is 41.3. The molecule has 1 aliphatic heterocycles. The van der Waals surface area contributed by atoms with Gasteiger partial charge in [0, 0.05) is 136 Å². The number of hydrogen-bond acceptors (Lipinski definition) is 19. The van der Waals surface area contributed by atoms with Crippen molar-refractivity contribution in [2.45, 2.75) is 331 Å². The molecule has 0 aromatic carbocycles. The number of amides is 1. The Labute approximate surface area is 728 Å². The molecule has 38 atom stereocenters. The Morgan fingerprint density at radius 1 is 0.532 bits per heavy atom. The number of fused-ring (bicyclic) bond motifs is 11. The molecular weight excluding hydrogens is 1810 g/mol. The van der Waals surface area contributed by atoms with E-state index in [9.17, 15) is 61.1 Å². The molecule has 109 heavy (non-hydrogen) atoms. The minimum Gasteiger partial charge on any atom is -0.453 e. The van der Waals surface area contributed by atoms with Crippen LogP contribution >= 0.6 is 0 Å². The Balaban J connectivity index is 0.000000254. The molecule has 2 radical (unpaired) electrons. The summed E-state index contributed by atoms with van der Waals surface area (Å²) in [6.45, 7) is 67.5. The molecule has 624 valence electrons. The van der Waals surface area contributed by atoms with Crippen LogP contribution in [0, 0.1) is 244 Å². The minimum absolute atomic E-state index is 0. The number of hydrogen-bond donors (Lipinski definition) is 13. The molecule has 15 N–H and O–H groups in total. The first kappa shape index (κ1) is 98.2. The van der Waals surface area contributed by atoms with E-state index in [4.69, 9.17) is 35.6 Å². The number of rotatable bonds is 13. The SMILES string of the molecule is CC1=C2C(C)C(C)[C@]3(C)C(C)CC(C)C(C)C3C(C)C(C)(CC1[C@H](OO)C(O)C(C)N)C2(C)C.CC1=C2C(O)C(=O)[C@]3(C)C(O)CC4OC[C@@]4(O)C3C(C)C(O)(CC1[C@H](OO)C(O)C(C)N)C2(C)C.COC(=O)NC(C)C(O)[C@@H](OO)C1CC2(C)C(C)C3C(C)C(C)CC(C)[C@@]3(C)C(C)C(C)C(=C1C)C2(C)C.[Ac].[Ac]. The van der Waals surface area contributed by atoms with Crippen molar-refractivity contribution in [2.75, 3.05) is 13.7 Å². The van der Waals surface area contributed by atoms with Crippen LogP contribution in [-0.2, 0) is 28.9 Å². The third-order valence-electron chi connectivity index (χ3n) is 36.5. The van der Waals surface area contributed by atoms with Crippen molar-refractivity contribution in [2.24, 2.45) is 167 Å². The molecule has 1 heterocycles. The van der Waals surface area contributed by atoms with Crippen LogP contribution in [0.5, 0.6) is 0 Å². The van der Waals surface area contributed by atoms with E-state index >= 15 is 0 Å². The predicted octanol–water partition coefficient (Wildman–Crippen LogP) is 13.7. The standard InChI is InChI=1S/C32H57NO5.C30H55NO3.C25H41NO9.2Ac/c1-16-14-17(2)32(12)21(6)19(4)25-20(5)24(28(38-36)27(34)23(8)33-29(35)37-13)15-31(11,30(25,9)10)22(7)26(32)18(16)3;1-15-13-16(2)30(12)20(6)18(4)24-19(5)23(27(34-33)26(32)22(8)31)14-29(11,28(24,9)10)21(7)25(30)17(15)3;1-10-13(19(35-33)17(28)12(3)26)8-25(32)11(2)20-23(6,14(27)7-15-24(20,31)9-34-15)21(30)18(29)16(10)22(25,4)5;;/h16-19,21-24,26-28,34,36H,14-15H2,1-13H3,(H,33,35);15-18,20-23,25-27,32-33H,13-14,31H2,1-12H3;11-15,17-20,27-29,31-33H,7-9,26H2,1-6H3;;/t16?,17?,18?,19?,21?,22?,23?,24?,26?,27?,28-,31?,32-;15?,16?,17?,18?,20?,21?,22?,23?,25?,26?,27-,29?,30-;11?,12?,13?,14?,15?,17?,18?,19-,20?,23+,24-,25?;;/m000../s1. The Morgan fingerprint density at radius 2 is 0.890 bits per heavy atom. The summed E-state index contributed by atoms with van der Waals surface area (Å²) in [5, 5.41) is 113. The average Bonchev–Trinajstić information content (AvgIpc) is 0.684. The van der Waals surface area contributed by atoms with E-state index in [-0.39, 0.29) is 157 Å². The van der Waals surface area contributed by atoms with Gasteiger partial charge in [0.15, 0.2) is 5.78 Å². The second-order valence-electron chi connectivity index (χ2n) is 41.0. The minimum atomic E-state index is -1.69. The number of alkyl carbamates (subject to hydrolysis) is 1. The Hall–Kier alpha value is 0.403. The topological polar surface area (TPSA) is 347 Å². The van der Waals surface area contributed by atoms with Crippen molar-refractivity contribution in [1.82, 2.24) is 5.32 Å². The van der Waals surface area contributed by atoms with E-state index in [0.717, 1.165) is 12.8 Å². The maximum absolute atomic E-state index is 14.0. The summed E-state index contributed by atoms with van der Waals surface area (Å²) in [5.41, 5.74) is 12.7. The van der Waals surface area contributed by atoms with Gasteiger partial charge in [0.1, 0.15) is 36.1 Å². The largest absolute Gasteiger partial charge is 0.453 e. The summed E-state index contributed by atoms with van der Waals surface area (Å²) in [4.78, 5) is 40.7. The number of aliphatic hydroxyl groups is 7. The molecule has 6 bridgehead atoms. The molecule has 1 saturated heterocycles. The number of ether oxygens (including phenoxy) is 2. The molecule has 0 aromatic rings. The number of methoxy groups -OCH3 is 1. The van der Waals surface area contributed by atoms with Crippen molar-refractivity contribution in [3.63, 3.8) is 0 Å². The van der Waals surface area contributed by atoms with Crippen LogP contribution in [-0.4, -0.2) is 161 Å². The fraction of sp³-hybridized carbons (Fsp3) is 0.908. The van der Waals surface area contributed by atoms with E-state index in [1.54, 1.807) is 55.4 Å². The molecular formula is C87H153Ac2N3O17. The van der Waals surface area contributed by atoms with Crippen molar-refractivity contribution >= 4 is 11.9 Å². The maximum atomic E-state index is 14.0.